The van der Waals surface area contributed by atoms with E-state index in [4.69, 9.17) is 23.2 Å². The molecule has 110 valence electrons. The zero-order valence-corrected chi connectivity index (χ0v) is 14.5. The van der Waals surface area contributed by atoms with Crippen LogP contribution in [-0.4, -0.2) is 6.54 Å². The molecule has 0 radical (unpaired) electrons. The summed E-state index contributed by atoms with van der Waals surface area (Å²) in [7, 11) is 0. The summed E-state index contributed by atoms with van der Waals surface area (Å²) in [5.41, 5.74) is 1.19. The van der Waals surface area contributed by atoms with Gasteiger partial charge in [0.25, 0.3) is 0 Å². The topological polar surface area (TPSA) is 12.0 Å². The third-order valence-electron chi connectivity index (χ3n) is 3.42. The van der Waals surface area contributed by atoms with Crippen molar-refractivity contribution in [3.8, 4) is 0 Å². The average Bonchev–Trinajstić information content (AvgIpc) is 2.69. The minimum atomic E-state index is 0.344. The van der Waals surface area contributed by atoms with Gasteiger partial charge in [0, 0.05) is 11.6 Å². The van der Waals surface area contributed by atoms with E-state index in [1.165, 1.54) is 42.6 Å². The highest BCUT2D eigenvalue weighted by atomic mass is 35.5. The Morgan fingerprint density at radius 2 is 1.74 bits per heavy atom. The summed E-state index contributed by atoms with van der Waals surface area (Å²) in [4.78, 5) is 0. The van der Waals surface area contributed by atoms with Gasteiger partial charge in [-0.2, -0.15) is 0 Å². The van der Waals surface area contributed by atoms with Crippen LogP contribution in [0.4, 0.5) is 0 Å². The molecule has 0 saturated carbocycles. The first-order valence-electron chi connectivity index (χ1n) is 7.32. The number of halogens is 2. The highest BCUT2D eigenvalue weighted by molar-refractivity contribution is 7.20. The Kier molecular flexibility index (Phi) is 8.40. The van der Waals surface area contributed by atoms with E-state index < -0.39 is 0 Å². The van der Waals surface area contributed by atoms with Crippen molar-refractivity contribution in [2.24, 2.45) is 5.92 Å². The van der Waals surface area contributed by atoms with Gasteiger partial charge in [0.1, 0.15) is 0 Å². The molecular weight excluding hydrogens is 297 g/mol. The maximum Gasteiger partial charge on any atom is 0.0992 e. The number of thiophene rings is 1. The van der Waals surface area contributed by atoms with Crippen molar-refractivity contribution in [3.63, 3.8) is 0 Å². The van der Waals surface area contributed by atoms with Gasteiger partial charge in [-0.3, -0.25) is 0 Å². The molecule has 4 heteroatoms. The number of nitrogens with one attached hydrogen (secondary N) is 1. The Morgan fingerprint density at radius 1 is 1.11 bits per heavy atom. The largest absolute Gasteiger partial charge is 0.310 e. The predicted octanol–water partition coefficient (Wildman–Crippen LogP) is 6.31. The SMILES string of the molecule is CCCNC(c1cc(Cl)sc1Cl)C(CCC)CCC. The first-order valence-corrected chi connectivity index (χ1v) is 8.89. The van der Waals surface area contributed by atoms with Crippen molar-refractivity contribution in [1.82, 2.24) is 5.32 Å². The standard InChI is InChI=1S/C15H25Cl2NS/c1-4-7-11(8-5-2)14(18-9-6-3)12-10-13(16)19-15(12)17/h10-11,14,18H,4-9H2,1-3H3. The van der Waals surface area contributed by atoms with Gasteiger partial charge in [-0.15, -0.1) is 11.3 Å². The molecule has 0 aliphatic heterocycles. The molecule has 0 aromatic carbocycles. The van der Waals surface area contributed by atoms with Gasteiger partial charge in [-0.25, -0.2) is 0 Å². The van der Waals surface area contributed by atoms with Crippen LogP contribution in [0, 0.1) is 5.92 Å². The molecule has 1 nitrogen and oxygen atoms in total. The summed E-state index contributed by atoms with van der Waals surface area (Å²) < 4.78 is 1.63. The lowest BCUT2D eigenvalue weighted by molar-refractivity contribution is 0.317. The maximum absolute atomic E-state index is 6.36. The Balaban J connectivity index is 2.93. The van der Waals surface area contributed by atoms with Crippen LogP contribution in [-0.2, 0) is 0 Å². The summed E-state index contributed by atoms with van der Waals surface area (Å²) in [6, 6.07) is 2.39. The van der Waals surface area contributed by atoms with Crippen LogP contribution in [0.15, 0.2) is 6.07 Å². The molecule has 0 amide bonds. The summed E-state index contributed by atoms with van der Waals surface area (Å²) >= 11 is 13.9. The number of hydrogen-bond donors (Lipinski definition) is 1. The molecule has 1 unspecified atom stereocenters. The third-order valence-corrected chi connectivity index (χ3v) is 4.94. The van der Waals surface area contributed by atoms with Crippen molar-refractivity contribution >= 4 is 34.5 Å². The zero-order chi connectivity index (χ0) is 14.3. The normalized spacial score (nSPS) is 13.2. The smallest absolute Gasteiger partial charge is 0.0992 e. The van der Waals surface area contributed by atoms with Gasteiger partial charge < -0.3 is 5.32 Å². The van der Waals surface area contributed by atoms with E-state index in [1.807, 2.05) is 6.07 Å². The highest BCUT2D eigenvalue weighted by Crippen LogP contribution is 2.40. The van der Waals surface area contributed by atoms with Gasteiger partial charge in [0.2, 0.25) is 0 Å². The summed E-state index contributed by atoms with van der Waals surface area (Å²) in [5, 5.41) is 3.67. The molecule has 1 aromatic rings. The van der Waals surface area contributed by atoms with E-state index in [2.05, 4.69) is 26.1 Å². The van der Waals surface area contributed by atoms with E-state index in [0.717, 1.165) is 21.6 Å². The molecule has 19 heavy (non-hydrogen) atoms. The minimum Gasteiger partial charge on any atom is -0.310 e. The molecule has 1 heterocycles. The quantitative estimate of drug-likeness (QED) is 0.561. The van der Waals surface area contributed by atoms with Crippen LogP contribution < -0.4 is 5.32 Å². The Labute approximate surface area is 131 Å². The first-order chi connectivity index (χ1) is 9.13. The lowest BCUT2D eigenvalue weighted by Crippen LogP contribution is -2.29. The van der Waals surface area contributed by atoms with E-state index in [1.54, 1.807) is 0 Å². The van der Waals surface area contributed by atoms with Crippen LogP contribution in [0.25, 0.3) is 0 Å². The lowest BCUT2D eigenvalue weighted by Gasteiger charge is -2.28. The fraction of sp³-hybridized carbons (Fsp3) is 0.733. The second-order valence-corrected chi connectivity index (χ2v) is 7.33. The molecule has 1 atom stereocenters. The Morgan fingerprint density at radius 3 is 2.16 bits per heavy atom. The van der Waals surface area contributed by atoms with Crippen LogP contribution in [0.1, 0.15) is 64.5 Å². The van der Waals surface area contributed by atoms with E-state index in [0.29, 0.717) is 12.0 Å². The maximum atomic E-state index is 6.36. The second kappa shape index (κ2) is 9.23. The van der Waals surface area contributed by atoms with Crippen LogP contribution in [0.3, 0.4) is 0 Å². The number of rotatable bonds is 9. The molecule has 0 aliphatic carbocycles. The molecule has 0 aliphatic rings. The van der Waals surface area contributed by atoms with E-state index in [9.17, 15) is 0 Å². The summed E-state index contributed by atoms with van der Waals surface area (Å²) in [6.45, 7) is 7.72. The Bertz CT molecular complexity index is 359. The summed E-state index contributed by atoms with van der Waals surface area (Å²) in [6.07, 6.45) is 6.03. The predicted molar refractivity (Wildman–Crippen MR) is 88.7 cm³/mol. The van der Waals surface area contributed by atoms with Gasteiger partial charge in [-0.1, -0.05) is 56.8 Å². The number of hydrogen-bond acceptors (Lipinski definition) is 2. The molecule has 0 fully saturated rings. The van der Waals surface area contributed by atoms with Crippen molar-refractivity contribution in [2.75, 3.05) is 6.54 Å². The van der Waals surface area contributed by atoms with Crippen LogP contribution in [0.5, 0.6) is 0 Å². The van der Waals surface area contributed by atoms with Gasteiger partial charge in [-0.05, 0) is 37.8 Å². The molecule has 1 N–H and O–H groups in total. The Hall–Kier alpha value is 0.240. The van der Waals surface area contributed by atoms with E-state index >= 15 is 0 Å². The molecule has 0 spiro atoms. The monoisotopic (exact) mass is 321 g/mol. The van der Waals surface area contributed by atoms with Gasteiger partial charge in [0.05, 0.1) is 8.67 Å². The van der Waals surface area contributed by atoms with Crippen LogP contribution >= 0.6 is 34.5 Å². The zero-order valence-electron chi connectivity index (χ0n) is 12.1. The molecule has 1 rings (SSSR count). The highest BCUT2D eigenvalue weighted by Gasteiger charge is 2.24. The first kappa shape index (κ1) is 17.3. The van der Waals surface area contributed by atoms with Crippen molar-refractivity contribution in [2.45, 2.75) is 58.9 Å². The van der Waals surface area contributed by atoms with Crippen molar-refractivity contribution in [3.05, 3.63) is 20.3 Å². The van der Waals surface area contributed by atoms with Gasteiger partial charge in [0.15, 0.2) is 0 Å². The second-order valence-electron chi connectivity index (χ2n) is 5.05. The molecular formula is C15H25Cl2NS. The molecule has 0 bridgehead atoms. The minimum absolute atomic E-state index is 0.344. The third kappa shape index (κ3) is 5.26. The van der Waals surface area contributed by atoms with Crippen LogP contribution in [0.2, 0.25) is 8.67 Å². The lowest BCUT2D eigenvalue weighted by atomic mass is 9.87. The fourth-order valence-corrected chi connectivity index (χ4v) is 4.16. The van der Waals surface area contributed by atoms with Gasteiger partial charge >= 0.3 is 0 Å². The average molecular weight is 322 g/mol. The summed E-state index contributed by atoms with van der Waals surface area (Å²) in [5.74, 6) is 0.643. The van der Waals surface area contributed by atoms with E-state index in [-0.39, 0.29) is 0 Å². The molecule has 1 aromatic heterocycles. The fourth-order valence-electron chi connectivity index (χ4n) is 2.61. The van der Waals surface area contributed by atoms with Crippen molar-refractivity contribution < 1.29 is 0 Å². The molecule has 0 saturated heterocycles. The van der Waals surface area contributed by atoms with Crippen molar-refractivity contribution in [1.29, 1.82) is 0 Å².